The third-order valence-corrected chi connectivity index (χ3v) is 5.56. The molecule has 158 valence electrons. The van der Waals surface area contributed by atoms with E-state index in [-0.39, 0.29) is 0 Å². The Morgan fingerprint density at radius 2 is 1.76 bits per heavy atom. The van der Waals surface area contributed by atoms with Crippen molar-refractivity contribution in [2.24, 2.45) is 0 Å². The van der Waals surface area contributed by atoms with Crippen LogP contribution in [0.25, 0.3) is 0 Å². The second-order valence-corrected chi connectivity index (χ2v) is 8.40. The number of hydrogen-bond acceptors (Lipinski definition) is 4. The van der Waals surface area contributed by atoms with Crippen LogP contribution in [0.2, 0.25) is 5.02 Å². The molecule has 1 fully saturated rings. The van der Waals surface area contributed by atoms with Crippen molar-refractivity contribution in [2.45, 2.75) is 38.8 Å². The Hall–Kier alpha value is -1.75. The smallest absolute Gasteiger partial charge is 0.124 e. The molecule has 5 heteroatoms. The number of ether oxygens (including phenoxy) is 2. The molecule has 3 rings (SSSR count). The Kier molecular flexibility index (Phi) is 8.66. The van der Waals surface area contributed by atoms with E-state index in [1.165, 1.54) is 32.4 Å². The molecule has 1 heterocycles. The molecule has 0 aromatic heterocycles. The Balaban J connectivity index is 1.55. The summed E-state index contributed by atoms with van der Waals surface area (Å²) >= 11 is 6.26. The van der Waals surface area contributed by atoms with E-state index in [0.717, 1.165) is 53.8 Å². The van der Waals surface area contributed by atoms with Gasteiger partial charge in [0.05, 0.1) is 6.61 Å². The van der Waals surface area contributed by atoms with Crippen LogP contribution in [0.15, 0.2) is 42.5 Å². The average molecular weight is 417 g/mol. The molecule has 2 aromatic carbocycles. The van der Waals surface area contributed by atoms with Gasteiger partial charge in [0, 0.05) is 29.2 Å². The monoisotopic (exact) mass is 416 g/mol. The molecule has 0 radical (unpaired) electrons. The quantitative estimate of drug-likeness (QED) is 0.495. The minimum Gasteiger partial charge on any atom is -0.494 e. The lowest BCUT2D eigenvalue weighted by Crippen LogP contribution is -2.31. The maximum atomic E-state index is 6.26. The normalized spacial score (nSPS) is 14.9. The molecule has 0 aliphatic carbocycles. The maximum absolute atomic E-state index is 6.26. The van der Waals surface area contributed by atoms with Crippen LogP contribution in [0, 0.1) is 0 Å². The van der Waals surface area contributed by atoms with Gasteiger partial charge in [0.15, 0.2) is 0 Å². The summed E-state index contributed by atoms with van der Waals surface area (Å²) in [6.45, 7) is 5.61. The van der Waals surface area contributed by atoms with Gasteiger partial charge in [-0.2, -0.15) is 0 Å². The number of nitrogens with zero attached hydrogens (tertiary/aromatic N) is 2. The second kappa shape index (κ2) is 11.4. The van der Waals surface area contributed by atoms with Gasteiger partial charge in [-0.3, -0.25) is 0 Å². The van der Waals surface area contributed by atoms with Gasteiger partial charge in [0.2, 0.25) is 0 Å². The number of hydrogen-bond donors (Lipinski definition) is 0. The van der Waals surface area contributed by atoms with Gasteiger partial charge < -0.3 is 19.3 Å². The summed E-state index contributed by atoms with van der Waals surface area (Å²) in [4.78, 5) is 4.69. The van der Waals surface area contributed by atoms with E-state index >= 15 is 0 Å². The first-order valence-corrected chi connectivity index (χ1v) is 11.0. The molecule has 4 nitrogen and oxygen atoms in total. The number of benzene rings is 2. The average Bonchev–Trinajstić information content (AvgIpc) is 2.72. The summed E-state index contributed by atoms with van der Waals surface area (Å²) in [6, 6.07) is 13.9. The maximum Gasteiger partial charge on any atom is 0.124 e. The van der Waals surface area contributed by atoms with Gasteiger partial charge in [0.25, 0.3) is 0 Å². The molecule has 0 spiro atoms. The summed E-state index contributed by atoms with van der Waals surface area (Å²) in [7, 11) is 4.12. The lowest BCUT2D eigenvalue weighted by Gasteiger charge is -2.26. The summed E-state index contributed by atoms with van der Waals surface area (Å²) < 4.78 is 12.1. The van der Waals surface area contributed by atoms with E-state index in [1.807, 2.05) is 36.4 Å². The summed E-state index contributed by atoms with van der Waals surface area (Å²) in [5.41, 5.74) is 2.11. The molecular weight excluding hydrogens is 384 g/mol. The predicted octanol–water partition coefficient (Wildman–Crippen LogP) is 5.24. The van der Waals surface area contributed by atoms with Gasteiger partial charge in [0.1, 0.15) is 18.1 Å². The zero-order valence-electron chi connectivity index (χ0n) is 17.7. The number of rotatable bonds is 10. The minimum atomic E-state index is 0.455. The van der Waals surface area contributed by atoms with Gasteiger partial charge >= 0.3 is 0 Å². The summed E-state index contributed by atoms with van der Waals surface area (Å²) in [6.07, 6.45) is 5.12. The highest BCUT2D eigenvalue weighted by Crippen LogP contribution is 2.27. The Morgan fingerprint density at radius 3 is 2.52 bits per heavy atom. The van der Waals surface area contributed by atoms with Crippen LogP contribution >= 0.6 is 11.6 Å². The predicted molar refractivity (Wildman–Crippen MR) is 120 cm³/mol. The van der Waals surface area contributed by atoms with Crippen LogP contribution in [0.5, 0.6) is 11.5 Å². The van der Waals surface area contributed by atoms with E-state index in [1.54, 1.807) is 0 Å². The van der Waals surface area contributed by atoms with E-state index in [0.29, 0.717) is 6.61 Å². The number of piperidine rings is 1. The lowest BCUT2D eigenvalue weighted by atomic mass is 10.1. The summed E-state index contributed by atoms with van der Waals surface area (Å²) in [5.74, 6) is 1.78. The number of halogens is 1. The zero-order valence-corrected chi connectivity index (χ0v) is 18.5. The van der Waals surface area contributed by atoms with E-state index in [9.17, 15) is 0 Å². The molecule has 29 heavy (non-hydrogen) atoms. The fraction of sp³-hybridized carbons (Fsp3) is 0.500. The van der Waals surface area contributed by atoms with Crippen molar-refractivity contribution in [2.75, 3.05) is 40.3 Å². The summed E-state index contributed by atoms with van der Waals surface area (Å²) in [5, 5.41) is 0.732. The Labute approximate surface area is 180 Å². The van der Waals surface area contributed by atoms with Crippen molar-refractivity contribution in [1.82, 2.24) is 9.80 Å². The largest absolute Gasteiger partial charge is 0.494 e. The zero-order chi connectivity index (χ0) is 20.5. The number of likely N-dealkylation sites (tertiary alicyclic amines) is 1. The highest BCUT2D eigenvalue weighted by Gasteiger charge is 2.11. The van der Waals surface area contributed by atoms with Crippen molar-refractivity contribution >= 4 is 11.6 Å². The molecule has 2 aromatic rings. The van der Waals surface area contributed by atoms with Crippen molar-refractivity contribution in [3.8, 4) is 11.5 Å². The molecule has 0 saturated carbocycles. The molecule has 1 aliphatic rings. The molecule has 0 atom stereocenters. The molecule has 0 amide bonds. The first-order chi connectivity index (χ1) is 14.1. The van der Waals surface area contributed by atoms with Gasteiger partial charge in [-0.05, 0) is 70.7 Å². The standard InChI is InChI=1S/C24H33ClN2O2/c1-26(2)18-21-17-22(28-16-8-15-27-13-6-3-7-14-27)11-12-24(21)29-19-20-9-4-5-10-23(20)25/h4-5,9-12,17H,3,6-8,13-16,18-19H2,1-2H3. The van der Waals surface area contributed by atoms with Crippen LogP contribution in [-0.2, 0) is 13.2 Å². The first-order valence-electron chi connectivity index (χ1n) is 10.6. The molecular formula is C24H33ClN2O2. The third-order valence-electron chi connectivity index (χ3n) is 5.20. The van der Waals surface area contributed by atoms with Gasteiger partial charge in [-0.15, -0.1) is 0 Å². The van der Waals surface area contributed by atoms with Crippen LogP contribution in [0.1, 0.15) is 36.8 Å². The minimum absolute atomic E-state index is 0.455. The fourth-order valence-electron chi connectivity index (χ4n) is 3.68. The second-order valence-electron chi connectivity index (χ2n) is 7.99. The van der Waals surface area contributed by atoms with Crippen LogP contribution in [0.3, 0.4) is 0 Å². The van der Waals surface area contributed by atoms with Crippen molar-refractivity contribution < 1.29 is 9.47 Å². The molecule has 1 saturated heterocycles. The van der Waals surface area contributed by atoms with E-state index in [4.69, 9.17) is 21.1 Å². The molecule has 1 aliphatic heterocycles. The highest BCUT2D eigenvalue weighted by molar-refractivity contribution is 6.31. The SMILES string of the molecule is CN(C)Cc1cc(OCCCN2CCCCC2)ccc1OCc1ccccc1Cl. The third kappa shape index (κ3) is 7.22. The first kappa shape index (κ1) is 21.9. The van der Waals surface area contributed by atoms with Crippen molar-refractivity contribution in [1.29, 1.82) is 0 Å². The van der Waals surface area contributed by atoms with E-state index in [2.05, 4.69) is 30.0 Å². The van der Waals surface area contributed by atoms with E-state index < -0.39 is 0 Å². The van der Waals surface area contributed by atoms with Crippen LogP contribution in [-0.4, -0.2) is 50.1 Å². The Bertz CT molecular complexity index is 760. The fourth-order valence-corrected chi connectivity index (χ4v) is 3.87. The van der Waals surface area contributed by atoms with Gasteiger partial charge in [-0.1, -0.05) is 36.2 Å². The Morgan fingerprint density at radius 1 is 0.966 bits per heavy atom. The highest BCUT2D eigenvalue weighted by atomic mass is 35.5. The van der Waals surface area contributed by atoms with Crippen LogP contribution < -0.4 is 9.47 Å². The topological polar surface area (TPSA) is 24.9 Å². The lowest BCUT2D eigenvalue weighted by molar-refractivity contribution is 0.204. The molecule has 0 bridgehead atoms. The van der Waals surface area contributed by atoms with Crippen molar-refractivity contribution in [3.63, 3.8) is 0 Å². The molecule has 0 N–H and O–H groups in total. The van der Waals surface area contributed by atoms with Crippen LogP contribution in [0.4, 0.5) is 0 Å². The van der Waals surface area contributed by atoms with Crippen molar-refractivity contribution in [3.05, 3.63) is 58.6 Å². The van der Waals surface area contributed by atoms with Gasteiger partial charge in [-0.25, -0.2) is 0 Å². The molecule has 0 unspecified atom stereocenters.